The van der Waals surface area contributed by atoms with E-state index in [1.165, 1.54) is 19.3 Å². The molecule has 2 aromatic carbocycles. The number of amides is 1. The second-order valence-corrected chi connectivity index (χ2v) is 11.2. The Hall–Kier alpha value is -3.02. The van der Waals surface area contributed by atoms with Crippen LogP contribution in [0, 0.1) is 23.2 Å². The highest BCUT2D eigenvalue weighted by Gasteiger charge is 2.54. The molecule has 4 aliphatic rings. The van der Waals surface area contributed by atoms with Gasteiger partial charge >= 0.3 is 0 Å². The zero-order valence-corrected chi connectivity index (χ0v) is 21.2. The van der Waals surface area contributed by atoms with Crippen molar-refractivity contribution >= 4 is 16.9 Å². The minimum atomic E-state index is -0.0896. The van der Waals surface area contributed by atoms with Crippen molar-refractivity contribution in [1.29, 1.82) is 0 Å². The van der Waals surface area contributed by atoms with E-state index in [4.69, 9.17) is 14.5 Å². The lowest BCUT2D eigenvalue weighted by Gasteiger charge is -2.55. The van der Waals surface area contributed by atoms with Crippen LogP contribution in [0.5, 0.6) is 11.5 Å². The number of rotatable bonds is 10. The fraction of sp³-hybridized carbons (Fsp3) is 0.533. The van der Waals surface area contributed by atoms with Gasteiger partial charge in [-0.15, -0.1) is 0 Å². The van der Waals surface area contributed by atoms with Gasteiger partial charge in [-0.05, 0) is 99.1 Å². The van der Waals surface area contributed by atoms with E-state index < -0.39 is 0 Å². The summed E-state index contributed by atoms with van der Waals surface area (Å²) in [5, 5.41) is 3.33. The number of benzene rings is 2. The third kappa shape index (κ3) is 4.58. The molecule has 4 aliphatic carbocycles. The normalized spacial score (nSPS) is 26.3. The zero-order chi connectivity index (χ0) is 24.5. The first-order chi connectivity index (χ1) is 17.6. The summed E-state index contributed by atoms with van der Waals surface area (Å²) in [4.78, 5) is 18.3. The van der Waals surface area contributed by atoms with Gasteiger partial charge in [-0.3, -0.25) is 4.79 Å². The molecular weight excluding hydrogens is 450 g/mol. The molecule has 4 saturated carbocycles. The number of aromatic nitrogens is 2. The van der Waals surface area contributed by atoms with Crippen LogP contribution >= 0.6 is 0 Å². The van der Waals surface area contributed by atoms with E-state index in [2.05, 4.69) is 28.1 Å². The van der Waals surface area contributed by atoms with Crippen molar-refractivity contribution in [2.24, 2.45) is 23.2 Å². The Morgan fingerprint density at radius 3 is 2.36 bits per heavy atom. The van der Waals surface area contributed by atoms with E-state index in [-0.39, 0.29) is 5.41 Å². The van der Waals surface area contributed by atoms with Crippen molar-refractivity contribution in [3.8, 4) is 11.5 Å². The van der Waals surface area contributed by atoms with Gasteiger partial charge in [0.05, 0.1) is 24.8 Å². The second kappa shape index (κ2) is 9.79. The molecule has 0 radical (unpaired) electrons. The summed E-state index contributed by atoms with van der Waals surface area (Å²) < 4.78 is 13.4. The Kier molecular flexibility index (Phi) is 6.36. The lowest BCUT2D eigenvalue weighted by molar-refractivity contribution is -0.146. The largest absolute Gasteiger partial charge is 0.497 e. The van der Waals surface area contributed by atoms with E-state index in [1.807, 2.05) is 30.3 Å². The van der Waals surface area contributed by atoms with Crippen molar-refractivity contribution in [3.63, 3.8) is 0 Å². The summed E-state index contributed by atoms with van der Waals surface area (Å²) in [6.45, 7) is 2.10. The molecule has 1 N–H and O–H groups in total. The van der Waals surface area contributed by atoms with Crippen LogP contribution in [0.2, 0.25) is 0 Å². The first-order valence-corrected chi connectivity index (χ1v) is 13.6. The fourth-order valence-corrected chi connectivity index (χ4v) is 7.51. The molecule has 1 heterocycles. The third-order valence-corrected chi connectivity index (χ3v) is 8.74. The van der Waals surface area contributed by atoms with Crippen molar-refractivity contribution in [3.05, 3.63) is 54.4 Å². The lowest BCUT2D eigenvalue weighted by atomic mass is 9.49. The van der Waals surface area contributed by atoms with Crippen LogP contribution in [-0.4, -0.2) is 35.7 Å². The Bertz CT molecular complexity index is 1180. The molecule has 0 atom stereocenters. The standard InChI is InChI=1S/C30H37N3O3/c1-35-24-7-9-25(10-8-24)36-14-4-13-33-27-6-3-2-5-26(27)32-28(33)11-12-31-29(34)30-18-21-15-22(19-30)17-23(16-21)20-30/h2-3,5-10,21-23H,4,11-20H2,1H3,(H,31,34). The van der Waals surface area contributed by atoms with Crippen LogP contribution in [0.1, 0.15) is 50.8 Å². The minimum absolute atomic E-state index is 0.0896. The molecule has 36 heavy (non-hydrogen) atoms. The average molecular weight is 488 g/mol. The van der Waals surface area contributed by atoms with E-state index >= 15 is 0 Å². The lowest BCUT2D eigenvalue weighted by Crippen LogP contribution is -2.53. The number of hydrogen-bond donors (Lipinski definition) is 1. The summed E-state index contributed by atoms with van der Waals surface area (Å²) in [7, 11) is 1.66. The van der Waals surface area contributed by atoms with Crippen LogP contribution in [0.25, 0.3) is 11.0 Å². The van der Waals surface area contributed by atoms with Gasteiger partial charge in [0.15, 0.2) is 0 Å². The van der Waals surface area contributed by atoms with Crippen LogP contribution in [0.4, 0.5) is 0 Å². The maximum absolute atomic E-state index is 13.4. The number of fused-ring (bicyclic) bond motifs is 1. The quantitative estimate of drug-likeness (QED) is 0.390. The van der Waals surface area contributed by atoms with Crippen LogP contribution in [0.15, 0.2) is 48.5 Å². The minimum Gasteiger partial charge on any atom is -0.497 e. The smallest absolute Gasteiger partial charge is 0.226 e. The van der Waals surface area contributed by atoms with E-state index in [1.54, 1.807) is 7.11 Å². The van der Waals surface area contributed by atoms with E-state index in [0.717, 1.165) is 84.8 Å². The molecule has 6 nitrogen and oxygen atoms in total. The number of nitrogens with one attached hydrogen (secondary N) is 1. The maximum atomic E-state index is 13.4. The Morgan fingerprint density at radius 2 is 1.67 bits per heavy atom. The first-order valence-electron chi connectivity index (χ1n) is 13.6. The summed E-state index contributed by atoms with van der Waals surface area (Å²) in [6.07, 6.45) is 9.02. The van der Waals surface area contributed by atoms with Gasteiger partial charge in [-0.2, -0.15) is 0 Å². The number of para-hydroxylation sites is 2. The molecule has 0 saturated heterocycles. The number of carbonyl (C=O) groups excluding carboxylic acids is 1. The molecule has 1 amide bonds. The number of carbonyl (C=O) groups is 1. The SMILES string of the molecule is COc1ccc(OCCCn2c(CCNC(=O)C34CC5CC(CC(C5)C3)C4)nc3ccccc32)cc1. The van der Waals surface area contributed by atoms with E-state index in [9.17, 15) is 4.79 Å². The molecular formula is C30H37N3O3. The molecule has 7 rings (SSSR count). The monoisotopic (exact) mass is 487 g/mol. The van der Waals surface area contributed by atoms with Crippen LogP contribution in [-0.2, 0) is 17.8 Å². The van der Waals surface area contributed by atoms with Gasteiger partial charge in [-0.1, -0.05) is 12.1 Å². The topological polar surface area (TPSA) is 65.4 Å². The van der Waals surface area contributed by atoms with Gasteiger partial charge in [0.1, 0.15) is 17.3 Å². The van der Waals surface area contributed by atoms with Crippen molar-refractivity contribution in [2.45, 2.75) is 57.9 Å². The first kappa shape index (κ1) is 23.4. The highest BCUT2D eigenvalue weighted by molar-refractivity contribution is 5.83. The molecule has 0 aliphatic heterocycles. The fourth-order valence-electron chi connectivity index (χ4n) is 7.51. The predicted molar refractivity (Wildman–Crippen MR) is 140 cm³/mol. The molecule has 0 spiro atoms. The third-order valence-electron chi connectivity index (χ3n) is 8.74. The molecule has 1 aromatic heterocycles. The number of nitrogens with zero attached hydrogens (tertiary/aromatic N) is 2. The van der Waals surface area contributed by atoms with Crippen molar-refractivity contribution in [1.82, 2.24) is 14.9 Å². The molecule has 0 unspecified atom stereocenters. The van der Waals surface area contributed by atoms with Crippen LogP contribution < -0.4 is 14.8 Å². The van der Waals surface area contributed by atoms with Gasteiger partial charge in [-0.25, -0.2) is 4.98 Å². The number of ether oxygens (including phenoxy) is 2. The van der Waals surface area contributed by atoms with Crippen molar-refractivity contribution < 1.29 is 14.3 Å². The van der Waals surface area contributed by atoms with Crippen molar-refractivity contribution in [2.75, 3.05) is 20.3 Å². The van der Waals surface area contributed by atoms with Gasteiger partial charge in [0.2, 0.25) is 5.91 Å². The Labute approximate surface area is 213 Å². The number of hydrogen-bond acceptors (Lipinski definition) is 4. The molecule has 4 bridgehead atoms. The maximum Gasteiger partial charge on any atom is 0.226 e. The number of imidazole rings is 1. The predicted octanol–water partition coefficient (Wildman–Crippen LogP) is 5.39. The van der Waals surface area contributed by atoms with E-state index in [0.29, 0.717) is 19.1 Å². The molecule has 4 fully saturated rings. The highest BCUT2D eigenvalue weighted by atomic mass is 16.5. The zero-order valence-electron chi connectivity index (χ0n) is 21.2. The van der Waals surface area contributed by atoms with Crippen LogP contribution in [0.3, 0.4) is 0 Å². The summed E-state index contributed by atoms with van der Waals surface area (Å²) in [6, 6.07) is 16.0. The van der Waals surface area contributed by atoms with Gasteiger partial charge in [0.25, 0.3) is 0 Å². The summed E-state index contributed by atoms with van der Waals surface area (Å²) in [5.74, 6) is 5.36. The molecule has 6 heteroatoms. The Morgan fingerprint density at radius 1 is 1.00 bits per heavy atom. The molecule has 3 aromatic rings. The number of methoxy groups -OCH3 is 1. The average Bonchev–Trinajstić information content (AvgIpc) is 3.23. The van der Waals surface area contributed by atoms with Gasteiger partial charge < -0.3 is 19.4 Å². The highest BCUT2D eigenvalue weighted by Crippen LogP contribution is 2.60. The molecule has 190 valence electrons. The Balaban J connectivity index is 1.07. The summed E-state index contributed by atoms with van der Waals surface area (Å²) >= 11 is 0. The summed E-state index contributed by atoms with van der Waals surface area (Å²) in [5.41, 5.74) is 2.06. The van der Waals surface area contributed by atoms with Gasteiger partial charge in [0, 0.05) is 24.9 Å². The second-order valence-electron chi connectivity index (χ2n) is 11.2. The number of aryl methyl sites for hydroxylation is 1.